The molecule has 6 heteroatoms. The molecule has 3 aromatic rings. The number of amides is 1. The van der Waals surface area contributed by atoms with Gasteiger partial charge < -0.3 is 19.8 Å². The van der Waals surface area contributed by atoms with Crippen LogP contribution in [0.15, 0.2) is 36.7 Å². The van der Waals surface area contributed by atoms with Gasteiger partial charge >= 0.3 is 0 Å². The second-order valence-corrected chi connectivity index (χ2v) is 5.45. The van der Waals surface area contributed by atoms with Crippen LogP contribution in [0.2, 0.25) is 0 Å². The van der Waals surface area contributed by atoms with Crippen molar-refractivity contribution in [3.8, 4) is 11.5 Å². The second-order valence-electron chi connectivity index (χ2n) is 5.45. The summed E-state index contributed by atoms with van der Waals surface area (Å²) in [6.07, 6.45) is 1.61. The predicted molar refractivity (Wildman–Crippen MR) is 91.5 cm³/mol. The first-order chi connectivity index (χ1) is 11.6. The average Bonchev–Trinajstić information content (AvgIpc) is 3.07. The van der Waals surface area contributed by atoms with E-state index in [2.05, 4.69) is 15.3 Å². The number of fused-ring (bicyclic) bond motifs is 1. The molecule has 6 nitrogen and oxygen atoms in total. The van der Waals surface area contributed by atoms with Gasteiger partial charge in [0, 0.05) is 17.7 Å². The summed E-state index contributed by atoms with van der Waals surface area (Å²) in [5.74, 6) is 1.32. The number of carbonyl (C=O) groups is 1. The predicted octanol–water partition coefficient (Wildman–Crippen LogP) is 2.82. The summed E-state index contributed by atoms with van der Waals surface area (Å²) in [5, 5.41) is 2.91. The smallest absolute Gasteiger partial charge is 0.251 e. The Morgan fingerprint density at radius 3 is 2.71 bits per heavy atom. The first-order valence-corrected chi connectivity index (χ1v) is 7.55. The SMILES string of the molecule is COc1cc(CNC(=O)c2ccc3nc[nH]c3c2)c(OC)cc1C. The highest BCUT2D eigenvalue weighted by molar-refractivity contribution is 5.97. The van der Waals surface area contributed by atoms with Gasteiger partial charge in [-0.1, -0.05) is 0 Å². The monoisotopic (exact) mass is 325 g/mol. The van der Waals surface area contributed by atoms with Crippen LogP contribution in [0, 0.1) is 6.92 Å². The Morgan fingerprint density at radius 2 is 1.96 bits per heavy atom. The molecule has 0 aliphatic carbocycles. The van der Waals surface area contributed by atoms with Crippen molar-refractivity contribution in [2.75, 3.05) is 14.2 Å². The van der Waals surface area contributed by atoms with Gasteiger partial charge in [0.2, 0.25) is 0 Å². The van der Waals surface area contributed by atoms with Gasteiger partial charge in [0.25, 0.3) is 5.91 Å². The first kappa shape index (κ1) is 15.9. The van der Waals surface area contributed by atoms with Gasteiger partial charge in [0.1, 0.15) is 11.5 Å². The molecule has 1 heterocycles. The minimum absolute atomic E-state index is 0.159. The van der Waals surface area contributed by atoms with Crippen molar-refractivity contribution in [1.29, 1.82) is 0 Å². The largest absolute Gasteiger partial charge is 0.496 e. The Morgan fingerprint density at radius 1 is 1.17 bits per heavy atom. The molecule has 0 radical (unpaired) electrons. The summed E-state index contributed by atoms with van der Waals surface area (Å²) >= 11 is 0. The number of aromatic nitrogens is 2. The van der Waals surface area contributed by atoms with Crippen LogP contribution < -0.4 is 14.8 Å². The number of benzene rings is 2. The zero-order valence-corrected chi connectivity index (χ0v) is 13.8. The Hall–Kier alpha value is -3.02. The van der Waals surface area contributed by atoms with Crippen molar-refractivity contribution >= 4 is 16.9 Å². The number of imidazole rings is 1. The number of ether oxygens (including phenoxy) is 2. The number of nitrogens with zero attached hydrogens (tertiary/aromatic N) is 1. The molecule has 3 rings (SSSR count). The average molecular weight is 325 g/mol. The third-order valence-electron chi connectivity index (χ3n) is 3.92. The minimum atomic E-state index is -0.159. The molecule has 0 spiro atoms. The normalized spacial score (nSPS) is 10.6. The van der Waals surface area contributed by atoms with Crippen molar-refractivity contribution in [3.63, 3.8) is 0 Å². The lowest BCUT2D eigenvalue weighted by Crippen LogP contribution is -2.23. The molecule has 124 valence electrons. The van der Waals surface area contributed by atoms with Crippen molar-refractivity contribution in [1.82, 2.24) is 15.3 Å². The van der Waals surface area contributed by atoms with Crippen LogP contribution in [0.25, 0.3) is 11.0 Å². The van der Waals surface area contributed by atoms with Gasteiger partial charge in [0.05, 0.1) is 31.6 Å². The van der Waals surface area contributed by atoms with Gasteiger partial charge in [-0.3, -0.25) is 4.79 Å². The molecular formula is C18H19N3O3. The highest BCUT2D eigenvalue weighted by Gasteiger charge is 2.12. The van der Waals surface area contributed by atoms with Crippen LogP contribution in [-0.4, -0.2) is 30.1 Å². The number of aromatic amines is 1. The zero-order valence-electron chi connectivity index (χ0n) is 13.8. The Bertz CT molecular complexity index is 886. The fraction of sp³-hybridized carbons (Fsp3) is 0.222. The molecule has 24 heavy (non-hydrogen) atoms. The molecule has 0 saturated carbocycles. The molecule has 0 aliphatic heterocycles. The van der Waals surface area contributed by atoms with E-state index in [1.54, 1.807) is 32.7 Å². The third kappa shape index (κ3) is 3.03. The number of carbonyl (C=O) groups excluding carboxylic acids is 1. The Labute approximate surface area is 139 Å². The van der Waals surface area contributed by atoms with Gasteiger partial charge in [-0.25, -0.2) is 4.98 Å². The number of methoxy groups -OCH3 is 2. The van der Waals surface area contributed by atoms with Gasteiger partial charge in [0.15, 0.2) is 0 Å². The highest BCUT2D eigenvalue weighted by atomic mass is 16.5. The van der Waals surface area contributed by atoms with E-state index in [1.165, 1.54) is 0 Å². The van der Waals surface area contributed by atoms with E-state index in [-0.39, 0.29) is 5.91 Å². The molecule has 0 atom stereocenters. The Kier molecular flexibility index (Phi) is 4.37. The number of rotatable bonds is 5. The van der Waals surface area contributed by atoms with E-state index in [9.17, 15) is 4.79 Å². The van der Waals surface area contributed by atoms with Crippen LogP contribution in [-0.2, 0) is 6.54 Å². The van der Waals surface area contributed by atoms with Crippen LogP contribution in [0.1, 0.15) is 21.5 Å². The molecule has 0 aliphatic rings. The third-order valence-corrected chi connectivity index (χ3v) is 3.92. The first-order valence-electron chi connectivity index (χ1n) is 7.55. The number of hydrogen-bond acceptors (Lipinski definition) is 4. The molecule has 2 aromatic carbocycles. The molecule has 0 bridgehead atoms. The maximum absolute atomic E-state index is 12.4. The van der Waals surface area contributed by atoms with E-state index in [1.807, 2.05) is 25.1 Å². The molecule has 1 amide bonds. The van der Waals surface area contributed by atoms with Crippen molar-refractivity contribution < 1.29 is 14.3 Å². The fourth-order valence-corrected chi connectivity index (χ4v) is 2.61. The van der Waals surface area contributed by atoms with Gasteiger partial charge in [-0.05, 0) is 42.8 Å². The second kappa shape index (κ2) is 6.62. The lowest BCUT2D eigenvalue weighted by atomic mass is 10.1. The molecule has 0 saturated heterocycles. The summed E-state index contributed by atoms with van der Waals surface area (Å²) in [6.45, 7) is 2.29. The molecule has 0 unspecified atom stereocenters. The number of H-pyrrole nitrogens is 1. The summed E-state index contributed by atoms with van der Waals surface area (Å²) in [6, 6.07) is 9.13. The van der Waals surface area contributed by atoms with Crippen LogP contribution in [0.4, 0.5) is 0 Å². The maximum Gasteiger partial charge on any atom is 0.251 e. The van der Waals surface area contributed by atoms with Crippen LogP contribution in [0.3, 0.4) is 0 Å². The summed E-state index contributed by atoms with van der Waals surface area (Å²) < 4.78 is 10.7. The lowest BCUT2D eigenvalue weighted by molar-refractivity contribution is 0.0950. The molecule has 0 fully saturated rings. The molecule has 1 aromatic heterocycles. The highest BCUT2D eigenvalue weighted by Crippen LogP contribution is 2.28. The van der Waals surface area contributed by atoms with Crippen LogP contribution in [0.5, 0.6) is 11.5 Å². The summed E-state index contributed by atoms with van der Waals surface area (Å²) in [5.41, 5.74) is 4.07. The minimum Gasteiger partial charge on any atom is -0.496 e. The van der Waals surface area contributed by atoms with E-state index < -0.39 is 0 Å². The van der Waals surface area contributed by atoms with E-state index >= 15 is 0 Å². The van der Waals surface area contributed by atoms with Gasteiger partial charge in [-0.15, -0.1) is 0 Å². The quantitative estimate of drug-likeness (QED) is 0.756. The molecule has 2 N–H and O–H groups in total. The standard InChI is InChI=1S/C18H19N3O3/c1-11-6-17(24-3)13(8-16(11)23-2)9-19-18(22)12-4-5-14-15(7-12)21-10-20-14/h4-8,10H,9H2,1-3H3,(H,19,22)(H,20,21). The van der Waals surface area contributed by atoms with Crippen LogP contribution >= 0.6 is 0 Å². The number of hydrogen-bond donors (Lipinski definition) is 2. The summed E-state index contributed by atoms with van der Waals surface area (Å²) in [7, 11) is 3.23. The van der Waals surface area contributed by atoms with E-state index in [4.69, 9.17) is 9.47 Å². The number of aryl methyl sites for hydroxylation is 1. The zero-order chi connectivity index (χ0) is 17.1. The van der Waals surface area contributed by atoms with E-state index in [0.717, 1.165) is 33.7 Å². The van der Waals surface area contributed by atoms with E-state index in [0.29, 0.717) is 12.1 Å². The topological polar surface area (TPSA) is 76.2 Å². The van der Waals surface area contributed by atoms with Crippen molar-refractivity contribution in [2.45, 2.75) is 13.5 Å². The molecular weight excluding hydrogens is 306 g/mol. The number of nitrogens with one attached hydrogen (secondary N) is 2. The Balaban J connectivity index is 1.78. The summed E-state index contributed by atoms with van der Waals surface area (Å²) in [4.78, 5) is 19.5. The van der Waals surface area contributed by atoms with Crippen molar-refractivity contribution in [3.05, 3.63) is 53.3 Å². The fourth-order valence-electron chi connectivity index (χ4n) is 2.61. The lowest BCUT2D eigenvalue weighted by Gasteiger charge is -2.13. The van der Waals surface area contributed by atoms with Gasteiger partial charge in [-0.2, -0.15) is 0 Å². The maximum atomic E-state index is 12.4. The van der Waals surface area contributed by atoms with Crippen molar-refractivity contribution in [2.24, 2.45) is 0 Å².